The molecule has 2 heterocycles. The predicted octanol–water partition coefficient (Wildman–Crippen LogP) is 4.34. The average molecular weight is 590 g/mol. The van der Waals surface area contributed by atoms with E-state index in [1.807, 2.05) is 0 Å². The molecule has 0 saturated carbocycles. The number of H-pyrrole nitrogens is 1. The van der Waals surface area contributed by atoms with Crippen molar-refractivity contribution in [2.45, 2.75) is 6.54 Å². The summed E-state index contributed by atoms with van der Waals surface area (Å²) >= 11 is 6.44. The van der Waals surface area contributed by atoms with E-state index in [-0.39, 0.29) is 23.3 Å². The van der Waals surface area contributed by atoms with Crippen LogP contribution in [0.1, 0.15) is 5.69 Å². The van der Waals surface area contributed by atoms with Crippen molar-refractivity contribution in [1.82, 2.24) is 19.9 Å². The Balaban J connectivity index is 1.71. The number of ether oxygens (including phenoxy) is 4. The summed E-state index contributed by atoms with van der Waals surface area (Å²) in [5.74, 6) is 2.21. The Morgan fingerprint density at radius 3 is 2.27 bits per heavy atom. The number of nitrogens with one attached hydrogen (secondary N) is 3. The summed E-state index contributed by atoms with van der Waals surface area (Å²) in [4.78, 5) is 15.7. The van der Waals surface area contributed by atoms with Gasteiger partial charge in [0, 0.05) is 30.1 Å². The molecule has 0 aliphatic heterocycles. The molecule has 0 bridgehead atoms. The molecule has 13 nitrogen and oxygen atoms in total. The van der Waals surface area contributed by atoms with Crippen molar-refractivity contribution in [2.75, 3.05) is 49.6 Å². The summed E-state index contributed by atoms with van der Waals surface area (Å²) in [6.45, 7) is 0.00608. The van der Waals surface area contributed by atoms with Crippen LogP contribution in [0, 0.1) is 0 Å². The van der Waals surface area contributed by atoms with Gasteiger partial charge in [0.1, 0.15) is 10.8 Å². The lowest BCUT2D eigenvalue weighted by Gasteiger charge is -2.25. The van der Waals surface area contributed by atoms with Gasteiger partial charge in [0.2, 0.25) is 21.7 Å². The highest BCUT2D eigenvalue weighted by molar-refractivity contribution is 7.92. The van der Waals surface area contributed by atoms with Crippen LogP contribution in [0.25, 0.3) is 0 Å². The highest BCUT2D eigenvalue weighted by atomic mass is 35.5. The number of hydrogen-bond acceptors (Lipinski definition) is 11. The standard InChI is InChI=1S/C25H28ClN7O6S/c1-36-17-6-7-19(20(10-17)33(40(5,34)35)13-16-11-27-14-29-16)31-24-18(26)12-28-25(32-24)30-15-8-21(37-2)23(39-4)22(9-15)38-3/h6-12,14H,13H2,1-5H3,(H,27,29)(H2,28,30,31,32). The first-order chi connectivity index (χ1) is 19.2. The van der Waals surface area contributed by atoms with Crippen molar-refractivity contribution in [2.24, 2.45) is 0 Å². The number of aromatic nitrogens is 4. The van der Waals surface area contributed by atoms with E-state index < -0.39 is 10.0 Å². The topological polar surface area (TPSA) is 153 Å². The molecule has 0 spiro atoms. The molecule has 0 radical (unpaired) electrons. The molecule has 0 aliphatic rings. The number of anilines is 5. The van der Waals surface area contributed by atoms with E-state index >= 15 is 0 Å². The lowest BCUT2D eigenvalue weighted by molar-refractivity contribution is 0.324. The van der Waals surface area contributed by atoms with E-state index in [4.69, 9.17) is 30.5 Å². The van der Waals surface area contributed by atoms with Crippen molar-refractivity contribution >= 4 is 50.5 Å². The summed E-state index contributed by atoms with van der Waals surface area (Å²) in [5, 5.41) is 6.43. The van der Waals surface area contributed by atoms with Gasteiger partial charge in [-0.05, 0) is 12.1 Å². The summed E-state index contributed by atoms with van der Waals surface area (Å²) in [5.41, 5.74) is 1.88. The maximum atomic E-state index is 12.9. The minimum Gasteiger partial charge on any atom is -0.497 e. The van der Waals surface area contributed by atoms with Crippen molar-refractivity contribution in [3.05, 3.63) is 59.8 Å². The van der Waals surface area contributed by atoms with Crippen LogP contribution in [0.2, 0.25) is 5.02 Å². The van der Waals surface area contributed by atoms with Gasteiger partial charge in [-0.1, -0.05) is 11.6 Å². The molecule has 4 aromatic rings. The molecule has 4 rings (SSSR count). The summed E-state index contributed by atoms with van der Waals surface area (Å²) in [7, 11) is 2.30. The fraction of sp³-hybridized carbons (Fsp3) is 0.240. The summed E-state index contributed by atoms with van der Waals surface area (Å²) < 4.78 is 48.5. The van der Waals surface area contributed by atoms with Gasteiger partial charge < -0.3 is 34.6 Å². The van der Waals surface area contributed by atoms with Gasteiger partial charge in [0.05, 0.1) is 70.8 Å². The van der Waals surface area contributed by atoms with Gasteiger partial charge in [-0.15, -0.1) is 0 Å². The van der Waals surface area contributed by atoms with Crippen LogP contribution >= 0.6 is 11.6 Å². The number of nitrogens with zero attached hydrogens (tertiary/aromatic N) is 4. The predicted molar refractivity (Wildman–Crippen MR) is 152 cm³/mol. The fourth-order valence-electron chi connectivity index (χ4n) is 3.78. The molecule has 40 heavy (non-hydrogen) atoms. The van der Waals surface area contributed by atoms with E-state index in [1.165, 1.54) is 45.3 Å². The minimum absolute atomic E-state index is 0.00608. The van der Waals surface area contributed by atoms with Crippen LogP contribution < -0.4 is 33.9 Å². The van der Waals surface area contributed by atoms with Crippen LogP contribution in [0.4, 0.5) is 28.8 Å². The molecule has 0 aliphatic carbocycles. The van der Waals surface area contributed by atoms with Crippen LogP contribution in [0.3, 0.4) is 0 Å². The van der Waals surface area contributed by atoms with Gasteiger partial charge in [-0.3, -0.25) is 4.31 Å². The highest BCUT2D eigenvalue weighted by Gasteiger charge is 2.23. The Labute approximate surface area is 236 Å². The molecular formula is C25H28ClN7O6S. The second-order valence-corrected chi connectivity index (χ2v) is 10.6. The SMILES string of the molecule is COc1ccc(Nc2nc(Nc3cc(OC)c(OC)c(OC)c3)ncc2Cl)c(N(Cc2cnc[nH]2)S(C)(=O)=O)c1. The van der Waals surface area contributed by atoms with Crippen molar-refractivity contribution in [3.63, 3.8) is 0 Å². The number of hydrogen-bond donors (Lipinski definition) is 3. The Morgan fingerprint density at radius 1 is 0.975 bits per heavy atom. The number of methoxy groups -OCH3 is 4. The lowest BCUT2D eigenvalue weighted by atomic mass is 10.2. The average Bonchev–Trinajstić information content (AvgIpc) is 3.46. The minimum atomic E-state index is -3.73. The zero-order valence-electron chi connectivity index (χ0n) is 22.4. The Kier molecular flexibility index (Phi) is 8.70. The fourth-order valence-corrected chi connectivity index (χ4v) is 4.80. The van der Waals surface area contributed by atoms with E-state index in [1.54, 1.807) is 36.5 Å². The maximum absolute atomic E-state index is 12.9. The lowest BCUT2D eigenvalue weighted by Crippen LogP contribution is -2.30. The second-order valence-electron chi connectivity index (χ2n) is 8.28. The van der Waals surface area contributed by atoms with Crippen LogP contribution in [0.15, 0.2) is 49.1 Å². The summed E-state index contributed by atoms with van der Waals surface area (Å²) in [6.07, 6.45) is 5.56. The molecule has 0 atom stereocenters. The molecule has 2 aromatic carbocycles. The number of benzene rings is 2. The highest BCUT2D eigenvalue weighted by Crippen LogP contribution is 2.41. The van der Waals surface area contributed by atoms with Crippen molar-refractivity contribution < 1.29 is 27.4 Å². The van der Waals surface area contributed by atoms with Crippen LogP contribution in [0.5, 0.6) is 23.0 Å². The first-order valence-electron chi connectivity index (χ1n) is 11.7. The molecule has 3 N–H and O–H groups in total. The number of sulfonamides is 1. The number of imidazole rings is 1. The quantitative estimate of drug-likeness (QED) is 0.216. The molecule has 0 saturated heterocycles. The third-order valence-electron chi connectivity index (χ3n) is 5.66. The first kappa shape index (κ1) is 28.6. The molecule has 0 unspecified atom stereocenters. The van der Waals surface area contributed by atoms with Crippen molar-refractivity contribution in [1.29, 1.82) is 0 Å². The van der Waals surface area contributed by atoms with Gasteiger partial charge >= 0.3 is 0 Å². The van der Waals surface area contributed by atoms with Gasteiger partial charge in [0.15, 0.2) is 17.3 Å². The van der Waals surface area contributed by atoms with Gasteiger partial charge in [0.25, 0.3) is 0 Å². The molecule has 212 valence electrons. The van der Waals surface area contributed by atoms with Crippen LogP contribution in [-0.2, 0) is 16.6 Å². The molecule has 0 amide bonds. The Morgan fingerprint density at radius 2 is 1.70 bits per heavy atom. The van der Waals surface area contributed by atoms with Crippen molar-refractivity contribution in [3.8, 4) is 23.0 Å². The number of rotatable bonds is 12. The smallest absolute Gasteiger partial charge is 0.232 e. The largest absolute Gasteiger partial charge is 0.497 e. The third kappa shape index (κ3) is 6.40. The molecule has 15 heteroatoms. The van der Waals surface area contributed by atoms with Gasteiger partial charge in [-0.2, -0.15) is 4.98 Å². The van der Waals surface area contributed by atoms with Crippen LogP contribution in [-0.4, -0.2) is 63.0 Å². The van der Waals surface area contributed by atoms with E-state index in [9.17, 15) is 8.42 Å². The van der Waals surface area contributed by atoms with E-state index in [2.05, 4.69) is 30.6 Å². The second kappa shape index (κ2) is 12.2. The van der Waals surface area contributed by atoms with E-state index in [0.717, 1.165) is 6.26 Å². The normalized spacial score (nSPS) is 11.1. The Bertz CT molecular complexity index is 1560. The first-order valence-corrected chi connectivity index (χ1v) is 13.9. The molecule has 2 aromatic heterocycles. The number of halogens is 1. The zero-order chi connectivity index (χ0) is 28.9. The maximum Gasteiger partial charge on any atom is 0.232 e. The molecular weight excluding hydrogens is 562 g/mol. The Hall–Kier alpha value is -4.43. The summed E-state index contributed by atoms with van der Waals surface area (Å²) in [6, 6.07) is 8.36. The van der Waals surface area contributed by atoms with E-state index in [0.29, 0.717) is 45.8 Å². The third-order valence-corrected chi connectivity index (χ3v) is 7.06. The van der Waals surface area contributed by atoms with Gasteiger partial charge in [-0.25, -0.2) is 18.4 Å². The zero-order valence-corrected chi connectivity index (χ0v) is 23.9. The monoisotopic (exact) mass is 589 g/mol. The number of aromatic amines is 1. The molecule has 0 fully saturated rings.